The number of hydrogen-bond donors (Lipinski definition) is 0. The Kier molecular flexibility index (Phi) is 5.50. The van der Waals surface area contributed by atoms with E-state index >= 15 is 0 Å². The average molecular weight is 286 g/mol. The molecular weight excluding hydrogens is 267 g/mol. The van der Waals surface area contributed by atoms with Crippen LogP contribution in [0.5, 0.6) is 5.75 Å². The number of ether oxygens (including phenoxy) is 1. The molecule has 2 nitrogen and oxygen atoms in total. The summed E-state index contributed by atoms with van der Waals surface area (Å²) in [6.45, 7) is 1.94. The first-order valence-electron chi connectivity index (χ1n) is 7.14. The number of carbonyl (C=O) groups is 1. The van der Waals surface area contributed by atoms with Crippen molar-refractivity contribution in [3.8, 4) is 5.75 Å². The van der Waals surface area contributed by atoms with Crippen LogP contribution < -0.4 is 4.74 Å². The third-order valence-corrected chi connectivity index (χ3v) is 3.28. The second-order valence-corrected chi connectivity index (χ2v) is 4.99. The first-order valence-corrected chi connectivity index (χ1v) is 7.14. The lowest BCUT2D eigenvalue weighted by Crippen LogP contribution is -2.04. The van der Waals surface area contributed by atoms with E-state index in [2.05, 4.69) is 12.1 Å². The van der Waals surface area contributed by atoms with Crippen molar-refractivity contribution in [1.29, 1.82) is 0 Å². The molecule has 2 rings (SSSR count). The zero-order valence-electron chi connectivity index (χ0n) is 12.1. The van der Waals surface area contributed by atoms with Crippen molar-refractivity contribution >= 4 is 5.78 Å². The van der Waals surface area contributed by atoms with Crippen LogP contribution in [0.2, 0.25) is 0 Å². The second-order valence-electron chi connectivity index (χ2n) is 4.99. The van der Waals surface area contributed by atoms with E-state index in [-0.39, 0.29) is 11.6 Å². The predicted molar refractivity (Wildman–Crippen MR) is 81.3 cm³/mol. The second kappa shape index (κ2) is 7.58. The zero-order valence-corrected chi connectivity index (χ0v) is 12.1. The van der Waals surface area contributed by atoms with Crippen LogP contribution in [0.3, 0.4) is 0 Å². The van der Waals surface area contributed by atoms with E-state index in [9.17, 15) is 9.18 Å². The molecule has 0 aliphatic rings. The van der Waals surface area contributed by atoms with Gasteiger partial charge in [0.2, 0.25) is 0 Å². The summed E-state index contributed by atoms with van der Waals surface area (Å²) in [4.78, 5) is 11.4. The van der Waals surface area contributed by atoms with Gasteiger partial charge in [-0.3, -0.25) is 4.79 Å². The summed E-state index contributed by atoms with van der Waals surface area (Å²) in [5, 5.41) is 0. The van der Waals surface area contributed by atoms with Crippen LogP contribution in [0.1, 0.15) is 35.7 Å². The minimum atomic E-state index is -0.390. The van der Waals surface area contributed by atoms with Crippen LogP contribution in [0.25, 0.3) is 0 Å². The van der Waals surface area contributed by atoms with Crippen LogP contribution >= 0.6 is 0 Å². The molecule has 0 heterocycles. The molecule has 0 aromatic heterocycles. The largest absolute Gasteiger partial charge is 0.493 e. The lowest BCUT2D eigenvalue weighted by atomic mass is 10.1. The van der Waals surface area contributed by atoms with E-state index in [1.165, 1.54) is 30.7 Å². The molecule has 0 fully saturated rings. The molecule has 0 bridgehead atoms. The van der Waals surface area contributed by atoms with E-state index in [0.29, 0.717) is 17.9 Å². The highest BCUT2D eigenvalue weighted by Crippen LogP contribution is 2.21. The smallest absolute Gasteiger partial charge is 0.163 e. The lowest BCUT2D eigenvalue weighted by molar-refractivity contribution is 0.101. The number of rotatable bonds is 7. The molecule has 0 atom stereocenters. The molecule has 0 aliphatic heterocycles. The van der Waals surface area contributed by atoms with Gasteiger partial charge >= 0.3 is 0 Å². The number of Topliss-reactive ketones (excluding diaryl/α,β-unsaturated/α-hetero) is 1. The number of unbranched alkanes of at least 4 members (excludes halogenated alkanes) is 1. The molecule has 2 aromatic rings. The summed E-state index contributed by atoms with van der Waals surface area (Å²) in [6, 6.07) is 14.3. The molecular formula is C18H19FO2. The number of halogens is 1. The maximum absolute atomic E-state index is 13.2. The summed E-state index contributed by atoms with van der Waals surface area (Å²) in [6.07, 6.45) is 2.85. The van der Waals surface area contributed by atoms with Gasteiger partial charge in [-0.25, -0.2) is 4.39 Å². The molecule has 2 aromatic carbocycles. The van der Waals surface area contributed by atoms with Crippen molar-refractivity contribution in [2.24, 2.45) is 0 Å². The summed E-state index contributed by atoms with van der Waals surface area (Å²) in [7, 11) is 0. The van der Waals surface area contributed by atoms with Gasteiger partial charge in [-0.15, -0.1) is 0 Å². The number of aryl methyl sites for hydroxylation is 1. The van der Waals surface area contributed by atoms with Gasteiger partial charge in [0.15, 0.2) is 5.78 Å². The third kappa shape index (κ3) is 4.71. The van der Waals surface area contributed by atoms with Gasteiger partial charge < -0.3 is 4.74 Å². The Labute approximate surface area is 124 Å². The first-order chi connectivity index (χ1) is 10.2. The Morgan fingerprint density at radius 3 is 2.57 bits per heavy atom. The molecule has 0 spiro atoms. The standard InChI is InChI=1S/C18H19FO2/c1-14(20)17-11-10-16(19)13-18(17)21-12-6-5-9-15-7-3-2-4-8-15/h2-4,7-8,10-11,13H,5-6,9,12H2,1H3. The van der Waals surface area contributed by atoms with Gasteiger partial charge in [-0.1, -0.05) is 30.3 Å². The Morgan fingerprint density at radius 1 is 1.10 bits per heavy atom. The van der Waals surface area contributed by atoms with Crippen molar-refractivity contribution in [3.05, 3.63) is 65.5 Å². The fraction of sp³-hybridized carbons (Fsp3) is 0.278. The monoisotopic (exact) mass is 286 g/mol. The van der Waals surface area contributed by atoms with E-state index in [1.807, 2.05) is 18.2 Å². The first kappa shape index (κ1) is 15.2. The van der Waals surface area contributed by atoms with Crippen molar-refractivity contribution in [1.82, 2.24) is 0 Å². The average Bonchev–Trinajstić information content (AvgIpc) is 2.48. The number of benzene rings is 2. The van der Waals surface area contributed by atoms with Crippen molar-refractivity contribution in [3.63, 3.8) is 0 Å². The maximum atomic E-state index is 13.2. The molecule has 0 amide bonds. The number of hydrogen-bond acceptors (Lipinski definition) is 2. The molecule has 21 heavy (non-hydrogen) atoms. The van der Waals surface area contributed by atoms with Gasteiger partial charge in [0.1, 0.15) is 11.6 Å². The van der Waals surface area contributed by atoms with Crippen LogP contribution in [0.15, 0.2) is 48.5 Å². The quantitative estimate of drug-likeness (QED) is 0.556. The van der Waals surface area contributed by atoms with Crippen LogP contribution in [-0.2, 0) is 6.42 Å². The lowest BCUT2D eigenvalue weighted by Gasteiger charge is -2.10. The molecule has 110 valence electrons. The highest BCUT2D eigenvalue weighted by atomic mass is 19.1. The normalized spacial score (nSPS) is 10.4. The molecule has 0 radical (unpaired) electrons. The summed E-state index contributed by atoms with van der Waals surface area (Å²) >= 11 is 0. The van der Waals surface area contributed by atoms with E-state index in [1.54, 1.807) is 0 Å². The van der Waals surface area contributed by atoms with Crippen molar-refractivity contribution < 1.29 is 13.9 Å². The van der Waals surface area contributed by atoms with Crippen molar-refractivity contribution in [2.75, 3.05) is 6.61 Å². The molecule has 0 saturated heterocycles. The van der Waals surface area contributed by atoms with Gasteiger partial charge in [0.25, 0.3) is 0 Å². The highest BCUT2D eigenvalue weighted by molar-refractivity contribution is 5.96. The predicted octanol–water partition coefficient (Wildman–Crippen LogP) is 4.43. The highest BCUT2D eigenvalue weighted by Gasteiger charge is 2.09. The fourth-order valence-corrected chi connectivity index (χ4v) is 2.16. The zero-order chi connectivity index (χ0) is 15.1. The fourth-order valence-electron chi connectivity index (χ4n) is 2.16. The number of carbonyl (C=O) groups excluding carboxylic acids is 1. The summed E-state index contributed by atoms with van der Waals surface area (Å²) in [5.74, 6) is -0.171. The Bertz CT molecular complexity index is 593. The van der Waals surface area contributed by atoms with Crippen LogP contribution in [0.4, 0.5) is 4.39 Å². The Hall–Kier alpha value is -2.16. The van der Waals surface area contributed by atoms with Gasteiger partial charge in [-0.05, 0) is 43.9 Å². The summed E-state index contributed by atoms with van der Waals surface area (Å²) in [5.41, 5.74) is 1.73. The minimum Gasteiger partial charge on any atom is -0.493 e. The van der Waals surface area contributed by atoms with Gasteiger partial charge in [-0.2, -0.15) is 0 Å². The molecule has 0 saturated carbocycles. The summed E-state index contributed by atoms with van der Waals surface area (Å²) < 4.78 is 18.8. The van der Waals surface area contributed by atoms with E-state index in [4.69, 9.17) is 4.74 Å². The molecule has 0 N–H and O–H groups in total. The SMILES string of the molecule is CC(=O)c1ccc(F)cc1OCCCCc1ccccc1. The Balaban J connectivity index is 1.81. The van der Waals surface area contributed by atoms with Gasteiger partial charge in [0, 0.05) is 6.07 Å². The Morgan fingerprint density at radius 2 is 1.86 bits per heavy atom. The topological polar surface area (TPSA) is 26.3 Å². The van der Waals surface area contributed by atoms with Crippen LogP contribution in [-0.4, -0.2) is 12.4 Å². The molecule has 3 heteroatoms. The molecule has 0 unspecified atom stereocenters. The van der Waals surface area contributed by atoms with Crippen LogP contribution in [0, 0.1) is 5.82 Å². The van der Waals surface area contributed by atoms with Crippen molar-refractivity contribution in [2.45, 2.75) is 26.2 Å². The maximum Gasteiger partial charge on any atom is 0.163 e. The minimum absolute atomic E-state index is 0.116. The molecule has 0 aliphatic carbocycles. The van der Waals surface area contributed by atoms with E-state index in [0.717, 1.165) is 19.3 Å². The van der Waals surface area contributed by atoms with E-state index < -0.39 is 0 Å². The van der Waals surface area contributed by atoms with Gasteiger partial charge in [0.05, 0.1) is 12.2 Å². The third-order valence-electron chi connectivity index (χ3n) is 3.28. The number of ketones is 1.